The second-order valence-corrected chi connectivity index (χ2v) is 8.32. The molecule has 0 saturated carbocycles. The fraction of sp³-hybridized carbons (Fsp3) is 0.0476. The Balaban J connectivity index is 1.37. The fourth-order valence-electron chi connectivity index (χ4n) is 3.34. The number of halogens is 1. The third-order valence-electron chi connectivity index (χ3n) is 4.71. The first-order chi connectivity index (χ1) is 16.0. The molecule has 164 valence electrons. The maximum atomic E-state index is 12.6. The van der Waals surface area contributed by atoms with Crippen LogP contribution in [-0.2, 0) is 4.79 Å². The van der Waals surface area contributed by atoms with Crippen LogP contribution in [0.15, 0.2) is 69.3 Å². The number of aromatic amines is 2. The van der Waals surface area contributed by atoms with Gasteiger partial charge in [0.05, 0.1) is 11.4 Å². The third-order valence-corrected chi connectivity index (χ3v) is 5.78. The standard InChI is InChI=1S/C21H14ClN7O3S/c22-11-4-3-5-12(8-11)29-15(9-16(30)25-21(29)32)24-17(31)10-33-20-26-19-18(27-28-20)13-6-1-2-7-14(13)23-19/h1-9H,10H2,(H,24,31)(H,23,26,28)(H,25,30,32). The number of anilines is 1. The van der Waals surface area contributed by atoms with Crippen LogP contribution in [0.3, 0.4) is 0 Å². The van der Waals surface area contributed by atoms with Crippen molar-refractivity contribution in [3.8, 4) is 5.69 Å². The lowest BCUT2D eigenvalue weighted by Crippen LogP contribution is -2.32. The summed E-state index contributed by atoms with van der Waals surface area (Å²) in [5.74, 6) is -0.507. The van der Waals surface area contributed by atoms with Crippen LogP contribution in [-0.4, -0.2) is 41.4 Å². The molecular weight excluding hydrogens is 466 g/mol. The zero-order chi connectivity index (χ0) is 22.9. The second-order valence-electron chi connectivity index (χ2n) is 6.94. The normalized spacial score (nSPS) is 11.2. The summed E-state index contributed by atoms with van der Waals surface area (Å²) < 4.78 is 1.16. The Kier molecular flexibility index (Phi) is 5.40. The van der Waals surface area contributed by atoms with Crippen molar-refractivity contribution in [3.05, 3.63) is 80.5 Å². The van der Waals surface area contributed by atoms with Crippen LogP contribution in [0.5, 0.6) is 0 Å². The molecule has 5 rings (SSSR count). The molecule has 3 N–H and O–H groups in total. The number of benzene rings is 2. The molecule has 0 fully saturated rings. The minimum Gasteiger partial charge on any atom is -0.338 e. The minimum absolute atomic E-state index is 0.0155. The van der Waals surface area contributed by atoms with Crippen molar-refractivity contribution in [2.24, 2.45) is 0 Å². The maximum Gasteiger partial charge on any atom is 0.334 e. The molecule has 3 heterocycles. The van der Waals surface area contributed by atoms with Crippen LogP contribution in [0.2, 0.25) is 5.02 Å². The van der Waals surface area contributed by atoms with Crippen molar-refractivity contribution in [3.63, 3.8) is 0 Å². The molecule has 2 aromatic carbocycles. The lowest BCUT2D eigenvalue weighted by Gasteiger charge is -2.13. The first-order valence-electron chi connectivity index (χ1n) is 9.64. The van der Waals surface area contributed by atoms with Crippen molar-refractivity contribution in [2.75, 3.05) is 11.1 Å². The molecule has 1 amide bonds. The molecular formula is C21H14ClN7O3S. The summed E-state index contributed by atoms with van der Waals surface area (Å²) in [6, 6.07) is 15.2. The minimum atomic E-state index is -0.704. The lowest BCUT2D eigenvalue weighted by atomic mass is 10.2. The summed E-state index contributed by atoms with van der Waals surface area (Å²) in [4.78, 5) is 46.6. The number of hydrogen-bond donors (Lipinski definition) is 3. The highest BCUT2D eigenvalue weighted by atomic mass is 35.5. The number of carbonyl (C=O) groups excluding carboxylic acids is 1. The summed E-state index contributed by atoms with van der Waals surface area (Å²) in [6.07, 6.45) is 0. The van der Waals surface area contributed by atoms with Gasteiger partial charge in [0.15, 0.2) is 5.65 Å². The molecule has 0 aliphatic carbocycles. The van der Waals surface area contributed by atoms with Gasteiger partial charge in [-0.15, -0.1) is 10.2 Å². The van der Waals surface area contributed by atoms with Crippen molar-refractivity contribution in [1.82, 2.24) is 29.7 Å². The van der Waals surface area contributed by atoms with Crippen LogP contribution in [0.25, 0.3) is 27.8 Å². The smallest absolute Gasteiger partial charge is 0.334 e. The lowest BCUT2D eigenvalue weighted by molar-refractivity contribution is -0.113. The predicted molar refractivity (Wildman–Crippen MR) is 126 cm³/mol. The number of nitrogens with zero attached hydrogens (tertiary/aromatic N) is 4. The Labute approximate surface area is 194 Å². The SMILES string of the molecule is O=C(CSc1nnc2c(n1)[nH]c1ccccc12)Nc1cc(=O)[nH]c(=O)n1-c1cccc(Cl)c1. The van der Waals surface area contributed by atoms with E-state index in [2.05, 4.69) is 30.5 Å². The molecule has 0 aliphatic rings. The van der Waals surface area contributed by atoms with Crippen LogP contribution < -0.4 is 16.6 Å². The number of rotatable bonds is 5. The average Bonchev–Trinajstić information content (AvgIpc) is 3.15. The quantitative estimate of drug-likeness (QED) is 0.329. The van der Waals surface area contributed by atoms with Gasteiger partial charge in [-0.3, -0.25) is 14.6 Å². The average molecular weight is 480 g/mol. The van der Waals surface area contributed by atoms with E-state index >= 15 is 0 Å². The first kappa shape index (κ1) is 20.9. The van der Waals surface area contributed by atoms with Crippen LogP contribution in [0, 0.1) is 0 Å². The topological polar surface area (TPSA) is 138 Å². The number of hydrogen-bond acceptors (Lipinski definition) is 7. The van der Waals surface area contributed by atoms with E-state index < -0.39 is 17.2 Å². The molecule has 10 nitrogen and oxygen atoms in total. The number of thioether (sulfide) groups is 1. The summed E-state index contributed by atoms with van der Waals surface area (Å²) in [6.45, 7) is 0. The number of fused-ring (bicyclic) bond motifs is 3. The highest BCUT2D eigenvalue weighted by molar-refractivity contribution is 7.99. The second kappa shape index (κ2) is 8.52. The zero-order valence-electron chi connectivity index (χ0n) is 16.7. The molecule has 5 aromatic rings. The zero-order valence-corrected chi connectivity index (χ0v) is 18.3. The van der Waals surface area contributed by atoms with Crippen molar-refractivity contribution >= 4 is 57.2 Å². The van der Waals surface area contributed by atoms with Crippen molar-refractivity contribution in [2.45, 2.75) is 5.16 Å². The van der Waals surface area contributed by atoms with E-state index in [0.29, 0.717) is 27.0 Å². The Morgan fingerprint density at radius 2 is 1.91 bits per heavy atom. The van der Waals surface area contributed by atoms with E-state index in [-0.39, 0.29) is 11.6 Å². The van der Waals surface area contributed by atoms with E-state index in [1.165, 1.54) is 0 Å². The van der Waals surface area contributed by atoms with Gasteiger partial charge in [0.25, 0.3) is 5.56 Å². The third kappa shape index (κ3) is 4.23. The van der Waals surface area contributed by atoms with Crippen LogP contribution >= 0.6 is 23.4 Å². The van der Waals surface area contributed by atoms with E-state index in [0.717, 1.165) is 33.3 Å². The Morgan fingerprint density at radius 3 is 2.76 bits per heavy atom. The van der Waals surface area contributed by atoms with Crippen LogP contribution in [0.1, 0.15) is 0 Å². The highest BCUT2D eigenvalue weighted by Gasteiger charge is 2.14. The van der Waals surface area contributed by atoms with E-state index in [1.807, 2.05) is 24.3 Å². The van der Waals surface area contributed by atoms with Gasteiger partial charge in [0.1, 0.15) is 11.3 Å². The van der Waals surface area contributed by atoms with Gasteiger partial charge in [0.2, 0.25) is 11.1 Å². The fourth-order valence-corrected chi connectivity index (χ4v) is 4.11. The molecule has 0 radical (unpaired) electrons. The number of aromatic nitrogens is 6. The number of nitrogens with one attached hydrogen (secondary N) is 3. The van der Waals surface area contributed by atoms with Gasteiger partial charge in [-0.2, -0.15) is 0 Å². The number of carbonyl (C=O) groups is 1. The molecule has 0 bridgehead atoms. The first-order valence-corrected chi connectivity index (χ1v) is 11.0. The number of para-hydroxylation sites is 1. The summed E-state index contributed by atoms with van der Waals surface area (Å²) in [5.41, 5.74) is 1.15. The monoisotopic (exact) mass is 479 g/mol. The van der Waals surface area contributed by atoms with Crippen molar-refractivity contribution in [1.29, 1.82) is 0 Å². The maximum absolute atomic E-state index is 12.6. The summed E-state index contributed by atoms with van der Waals surface area (Å²) in [7, 11) is 0. The van der Waals surface area contributed by atoms with Gasteiger partial charge in [-0.05, 0) is 24.3 Å². The van der Waals surface area contributed by atoms with E-state index in [9.17, 15) is 14.4 Å². The number of H-pyrrole nitrogens is 2. The molecule has 33 heavy (non-hydrogen) atoms. The molecule has 0 saturated heterocycles. The van der Waals surface area contributed by atoms with Gasteiger partial charge < -0.3 is 10.3 Å². The van der Waals surface area contributed by atoms with Gasteiger partial charge in [-0.25, -0.2) is 14.3 Å². The number of amides is 1. The van der Waals surface area contributed by atoms with Gasteiger partial charge in [0, 0.05) is 22.0 Å². The molecule has 3 aromatic heterocycles. The molecule has 0 unspecified atom stereocenters. The Hall–Kier alpha value is -3.96. The van der Waals surface area contributed by atoms with Gasteiger partial charge >= 0.3 is 5.69 Å². The van der Waals surface area contributed by atoms with Crippen molar-refractivity contribution < 1.29 is 4.79 Å². The molecule has 0 atom stereocenters. The molecule has 0 spiro atoms. The van der Waals surface area contributed by atoms with E-state index in [1.54, 1.807) is 24.3 Å². The largest absolute Gasteiger partial charge is 0.338 e. The van der Waals surface area contributed by atoms with Crippen LogP contribution in [0.4, 0.5) is 5.82 Å². The molecule has 0 aliphatic heterocycles. The Morgan fingerprint density at radius 1 is 1.06 bits per heavy atom. The predicted octanol–water partition coefficient (Wildman–Crippen LogP) is 2.73. The summed E-state index contributed by atoms with van der Waals surface area (Å²) in [5, 5.41) is 12.5. The molecule has 12 heteroatoms. The Bertz CT molecular complexity index is 1640. The van der Waals surface area contributed by atoms with E-state index in [4.69, 9.17) is 11.6 Å². The summed E-state index contributed by atoms with van der Waals surface area (Å²) >= 11 is 7.09. The van der Waals surface area contributed by atoms with Gasteiger partial charge in [-0.1, -0.05) is 47.6 Å². The highest BCUT2D eigenvalue weighted by Crippen LogP contribution is 2.23.